The van der Waals surface area contributed by atoms with E-state index >= 15 is 0 Å². The van der Waals surface area contributed by atoms with Gasteiger partial charge in [0.1, 0.15) is 18.5 Å². The molecule has 1 amide bonds. The predicted molar refractivity (Wildman–Crippen MR) is 88.1 cm³/mol. The summed E-state index contributed by atoms with van der Waals surface area (Å²) in [4.78, 5) is 12.0. The molecule has 1 aliphatic rings. The molecule has 1 aliphatic heterocycles. The number of benzene rings is 1. The van der Waals surface area contributed by atoms with Gasteiger partial charge in [-0.2, -0.15) is 0 Å². The second kappa shape index (κ2) is 6.08. The lowest BCUT2D eigenvalue weighted by Crippen LogP contribution is -2.24. The van der Waals surface area contributed by atoms with Crippen molar-refractivity contribution in [1.29, 1.82) is 0 Å². The fourth-order valence-electron chi connectivity index (χ4n) is 2.16. The molecule has 0 saturated carbocycles. The predicted octanol–water partition coefficient (Wildman–Crippen LogP) is 3.48. The molecule has 0 spiro atoms. The topological polar surface area (TPSA) is 58.6 Å². The summed E-state index contributed by atoms with van der Waals surface area (Å²) in [5.41, 5.74) is 1.87. The fourth-order valence-corrected chi connectivity index (χ4v) is 5.04. The van der Waals surface area contributed by atoms with Crippen molar-refractivity contribution in [2.75, 3.05) is 13.2 Å². The van der Waals surface area contributed by atoms with E-state index in [-0.39, 0.29) is 5.91 Å². The van der Waals surface area contributed by atoms with Crippen molar-refractivity contribution in [1.82, 2.24) is 5.32 Å². The van der Waals surface area contributed by atoms with Crippen LogP contribution in [0.25, 0.3) is 0 Å². The number of ether oxygens (including phenoxy) is 1. The second-order valence-electron chi connectivity index (χ2n) is 4.54. The Bertz CT molecular complexity index is 702. The number of hydrogen-bond donors (Lipinski definition) is 2. The highest BCUT2D eigenvalue weighted by molar-refractivity contribution is 9.12. The van der Waals surface area contributed by atoms with Crippen molar-refractivity contribution >= 4 is 49.1 Å². The number of nitrogens with one attached hydrogen (secondary N) is 1. The normalized spacial score (nSPS) is 15.7. The van der Waals surface area contributed by atoms with Gasteiger partial charge in [-0.25, -0.2) is 0 Å². The average Bonchev–Trinajstić information content (AvgIpc) is 2.69. The summed E-state index contributed by atoms with van der Waals surface area (Å²) in [5.74, 6) is 0.369. The number of carbonyl (C=O) groups excluding carboxylic acids is 1. The molecule has 0 aliphatic carbocycles. The van der Waals surface area contributed by atoms with Gasteiger partial charge in [0, 0.05) is 5.56 Å². The molecule has 21 heavy (non-hydrogen) atoms. The summed E-state index contributed by atoms with van der Waals surface area (Å²) in [5, 5.41) is 13.3. The quantitative estimate of drug-likeness (QED) is 0.763. The number of fused-ring (bicyclic) bond motifs is 1. The van der Waals surface area contributed by atoms with Crippen LogP contribution in [-0.2, 0) is 0 Å². The molecule has 1 aromatic carbocycles. The van der Waals surface area contributed by atoms with Crippen molar-refractivity contribution in [3.63, 3.8) is 0 Å². The molecule has 2 heterocycles. The van der Waals surface area contributed by atoms with E-state index in [1.165, 1.54) is 11.3 Å². The molecule has 7 heteroatoms. The van der Waals surface area contributed by atoms with Gasteiger partial charge in [-0.05, 0) is 55.6 Å². The summed E-state index contributed by atoms with van der Waals surface area (Å²) >= 11 is 8.33. The number of aliphatic hydroxyl groups is 1. The van der Waals surface area contributed by atoms with E-state index in [2.05, 4.69) is 37.2 Å². The first kappa shape index (κ1) is 15.0. The largest absolute Gasteiger partial charge is 0.491 e. The highest BCUT2D eigenvalue weighted by Gasteiger charge is 2.21. The van der Waals surface area contributed by atoms with Gasteiger partial charge in [0.15, 0.2) is 0 Å². The molecule has 0 bridgehead atoms. The van der Waals surface area contributed by atoms with Gasteiger partial charge in [-0.15, -0.1) is 11.3 Å². The van der Waals surface area contributed by atoms with E-state index in [4.69, 9.17) is 4.74 Å². The Morgan fingerprint density at radius 1 is 1.33 bits per heavy atom. The summed E-state index contributed by atoms with van der Waals surface area (Å²) in [6, 6.07) is 7.05. The lowest BCUT2D eigenvalue weighted by molar-refractivity contribution is 0.0957. The van der Waals surface area contributed by atoms with E-state index < -0.39 is 6.10 Å². The number of halogens is 2. The van der Waals surface area contributed by atoms with Gasteiger partial charge in [-0.3, -0.25) is 4.79 Å². The SMILES string of the molecule is O=C1NCCOc2ccc(C(O)c3cc(Br)sc3Br)cc21. The Hall–Kier alpha value is -0.890. The standard InChI is InChI=1S/C14H11Br2NO3S/c15-11-6-9(13(16)21-11)12(18)7-1-2-10-8(5-7)14(19)17-3-4-20-10/h1-2,5-6,12,18H,3-4H2,(H,17,19). The monoisotopic (exact) mass is 431 g/mol. The average molecular weight is 433 g/mol. The molecule has 1 unspecified atom stereocenters. The van der Waals surface area contributed by atoms with Crippen LogP contribution in [0.3, 0.4) is 0 Å². The third-order valence-electron chi connectivity index (χ3n) is 3.19. The molecule has 0 saturated heterocycles. The number of aliphatic hydroxyl groups excluding tert-OH is 1. The molecular weight excluding hydrogens is 422 g/mol. The van der Waals surface area contributed by atoms with Crippen LogP contribution in [-0.4, -0.2) is 24.2 Å². The van der Waals surface area contributed by atoms with Gasteiger partial charge in [-0.1, -0.05) is 6.07 Å². The van der Waals surface area contributed by atoms with Gasteiger partial charge in [0.05, 0.1) is 19.7 Å². The van der Waals surface area contributed by atoms with Gasteiger partial charge in [0.2, 0.25) is 0 Å². The Balaban J connectivity index is 2.00. The van der Waals surface area contributed by atoms with E-state index in [0.29, 0.717) is 30.0 Å². The van der Waals surface area contributed by atoms with E-state index in [9.17, 15) is 9.90 Å². The third-order valence-corrected chi connectivity index (χ3v) is 5.57. The van der Waals surface area contributed by atoms with Crippen molar-refractivity contribution in [3.05, 3.63) is 48.5 Å². The van der Waals surface area contributed by atoms with Gasteiger partial charge < -0.3 is 15.2 Å². The smallest absolute Gasteiger partial charge is 0.255 e. The van der Waals surface area contributed by atoms with Crippen LogP contribution in [0, 0.1) is 0 Å². The third kappa shape index (κ3) is 3.01. The van der Waals surface area contributed by atoms with E-state index in [0.717, 1.165) is 13.1 Å². The van der Waals surface area contributed by atoms with Crippen LogP contribution in [0.5, 0.6) is 5.75 Å². The zero-order valence-electron chi connectivity index (χ0n) is 10.7. The van der Waals surface area contributed by atoms with Crippen LogP contribution >= 0.6 is 43.2 Å². The van der Waals surface area contributed by atoms with Crippen LogP contribution in [0.1, 0.15) is 27.6 Å². The highest BCUT2D eigenvalue weighted by Crippen LogP contribution is 2.38. The van der Waals surface area contributed by atoms with Crippen molar-refractivity contribution < 1.29 is 14.6 Å². The minimum absolute atomic E-state index is 0.179. The van der Waals surface area contributed by atoms with Gasteiger partial charge in [0.25, 0.3) is 5.91 Å². The van der Waals surface area contributed by atoms with Crippen LogP contribution in [0.4, 0.5) is 0 Å². The first-order valence-corrected chi connectivity index (χ1v) is 8.64. The van der Waals surface area contributed by atoms with E-state index in [1.54, 1.807) is 18.2 Å². The van der Waals surface area contributed by atoms with Gasteiger partial charge >= 0.3 is 0 Å². The minimum atomic E-state index is -0.803. The molecule has 2 N–H and O–H groups in total. The minimum Gasteiger partial charge on any atom is -0.491 e. The Morgan fingerprint density at radius 2 is 2.14 bits per heavy atom. The van der Waals surface area contributed by atoms with Crippen LogP contribution in [0.15, 0.2) is 31.8 Å². The highest BCUT2D eigenvalue weighted by atomic mass is 79.9. The molecule has 3 rings (SSSR count). The number of amides is 1. The molecular formula is C14H11Br2NO3S. The second-order valence-corrected chi connectivity index (χ2v) is 8.29. The molecule has 110 valence electrons. The van der Waals surface area contributed by atoms with Crippen LogP contribution in [0.2, 0.25) is 0 Å². The molecule has 1 aromatic heterocycles. The maximum Gasteiger partial charge on any atom is 0.255 e. The van der Waals surface area contributed by atoms with E-state index in [1.807, 2.05) is 6.07 Å². The van der Waals surface area contributed by atoms with Crippen molar-refractivity contribution in [2.45, 2.75) is 6.10 Å². The maximum atomic E-state index is 12.0. The Kier molecular flexibility index (Phi) is 4.35. The van der Waals surface area contributed by atoms with Crippen molar-refractivity contribution in [3.8, 4) is 5.75 Å². The van der Waals surface area contributed by atoms with Crippen molar-refractivity contribution in [2.24, 2.45) is 0 Å². The number of thiophene rings is 1. The number of rotatable bonds is 2. The Labute approximate surface area is 142 Å². The maximum absolute atomic E-state index is 12.0. The summed E-state index contributed by atoms with van der Waals surface area (Å²) < 4.78 is 7.30. The zero-order chi connectivity index (χ0) is 15.0. The number of carbonyl (C=O) groups is 1. The zero-order valence-corrected chi connectivity index (χ0v) is 14.7. The lowest BCUT2D eigenvalue weighted by atomic mass is 10.0. The molecule has 4 nitrogen and oxygen atoms in total. The summed E-state index contributed by atoms with van der Waals surface area (Å²) in [6.45, 7) is 0.929. The first-order valence-electron chi connectivity index (χ1n) is 6.24. The Morgan fingerprint density at radius 3 is 2.86 bits per heavy atom. The van der Waals surface area contributed by atoms with Crippen LogP contribution < -0.4 is 10.1 Å². The fraction of sp³-hybridized carbons (Fsp3) is 0.214. The molecule has 1 atom stereocenters. The molecule has 2 aromatic rings. The number of hydrogen-bond acceptors (Lipinski definition) is 4. The molecule has 0 radical (unpaired) electrons. The summed E-state index contributed by atoms with van der Waals surface area (Å²) in [7, 11) is 0. The molecule has 0 fully saturated rings. The first-order chi connectivity index (χ1) is 10.1. The summed E-state index contributed by atoms with van der Waals surface area (Å²) in [6.07, 6.45) is -0.803. The lowest BCUT2D eigenvalue weighted by Gasteiger charge is -2.13.